The molecule has 2 N–H and O–H groups in total. The third kappa shape index (κ3) is 4.18. The fraction of sp³-hybridized carbons (Fsp3) is 0.667. The van der Waals surface area contributed by atoms with Crippen LogP contribution < -0.4 is 5.73 Å². The van der Waals surface area contributed by atoms with Crippen molar-refractivity contribution in [3.8, 4) is 0 Å². The maximum absolute atomic E-state index is 5.08. The van der Waals surface area contributed by atoms with Crippen molar-refractivity contribution in [1.29, 1.82) is 0 Å². The van der Waals surface area contributed by atoms with Crippen LogP contribution in [0.15, 0.2) is 0 Å². The summed E-state index contributed by atoms with van der Waals surface area (Å²) in [6.45, 7) is 0.744. The summed E-state index contributed by atoms with van der Waals surface area (Å²) in [5, 5.41) is 0. The predicted octanol–water partition coefficient (Wildman–Crippen LogP) is 0.470. The van der Waals surface area contributed by atoms with Gasteiger partial charge in [0.05, 0.1) is 17.5 Å². The topological polar surface area (TPSA) is 26.0 Å². The van der Waals surface area contributed by atoms with Crippen molar-refractivity contribution in [3.63, 3.8) is 0 Å². The van der Waals surface area contributed by atoms with Crippen molar-refractivity contribution in [2.45, 2.75) is 0 Å². The van der Waals surface area contributed by atoms with E-state index in [1.165, 1.54) is 11.8 Å². The van der Waals surface area contributed by atoms with Crippen LogP contribution in [0.25, 0.3) is 0 Å². The molecule has 2 heteroatoms. The Bertz CT molecular complexity index is 14.4. The molecule has 0 radical (unpaired) electrons. The second kappa shape index (κ2) is 4.18. The summed E-state index contributed by atoms with van der Waals surface area (Å²) in [6, 6.07) is 0. The van der Waals surface area contributed by atoms with Crippen LogP contribution in [-0.2, 0) is 0 Å². The normalized spacial score (nSPS) is 8.20. The van der Waals surface area contributed by atoms with Crippen LogP contribution in [0.3, 0.4) is 0 Å². The highest BCUT2D eigenvalue weighted by atomic mass is 32.2. The third-order valence-electron chi connectivity index (χ3n) is 0.262. The summed E-state index contributed by atoms with van der Waals surface area (Å²) >= 11 is 1.53. The predicted molar refractivity (Wildman–Crippen MR) is 26.9 cm³/mol. The van der Waals surface area contributed by atoms with E-state index in [9.17, 15) is 0 Å². The zero-order valence-corrected chi connectivity index (χ0v) is 3.92. The van der Waals surface area contributed by atoms with Crippen molar-refractivity contribution in [2.75, 3.05) is 12.3 Å². The summed E-state index contributed by atoms with van der Waals surface area (Å²) in [4.78, 5) is 0. The molecule has 0 heterocycles. The largest absolute Gasteiger partial charge is 0.329 e. The maximum atomic E-state index is 5.08. The van der Waals surface area contributed by atoms with Gasteiger partial charge in [0, 0.05) is 6.54 Å². The van der Waals surface area contributed by atoms with Crippen LogP contribution in [0.4, 0.5) is 0 Å². The number of nitrogens with two attached hydrogens (primary N) is 1. The van der Waals surface area contributed by atoms with E-state index in [1.54, 1.807) is 0 Å². The molecule has 0 fully saturated rings. The van der Waals surface area contributed by atoms with Gasteiger partial charge in [-0.25, -0.2) is 0 Å². The lowest BCUT2D eigenvalue weighted by atomic mass is 10.8. The zero-order valence-electron chi connectivity index (χ0n) is 3.11. The molecule has 0 spiro atoms. The van der Waals surface area contributed by atoms with Gasteiger partial charge in [-0.3, -0.25) is 0 Å². The number of hydrogen-bond donors (Lipinski definition) is 1. The van der Waals surface area contributed by atoms with Crippen LogP contribution in [-0.4, -0.2) is 12.3 Å². The molecule has 0 aliphatic rings. The second-order valence-corrected chi connectivity index (χ2v) is 1.51. The molecule has 0 aliphatic carbocycles. The van der Waals surface area contributed by atoms with Gasteiger partial charge in [0.25, 0.3) is 0 Å². The average molecular weight is 90.2 g/mol. The third-order valence-corrected chi connectivity index (χ3v) is 0.787. The van der Waals surface area contributed by atoms with Crippen molar-refractivity contribution >= 4 is 11.8 Å². The highest BCUT2D eigenvalue weighted by Gasteiger charge is 1.76. The molecule has 5 heavy (non-hydrogen) atoms. The first-order valence-electron chi connectivity index (χ1n) is 1.49. The van der Waals surface area contributed by atoms with Gasteiger partial charge in [-0.2, -0.15) is 0 Å². The Morgan fingerprint density at radius 3 is 2.40 bits per heavy atom. The summed E-state index contributed by atoms with van der Waals surface area (Å²) in [7, 11) is 0. The molecule has 0 rings (SSSR count). The van der Waals surface area contributed by atoms with Crippen molar-refractivity contribution in [1.82, 2.24) is 0 Å². The lowest BCUT2D eigenvalue weighted by Crippen LogP contribution is -1.99. The van der Waals surface area contributed by atoms with Gasteiger partial charge in [-0.1, -0.05) is 0 Å². The maximum Gasteiger partial charge on any atom is 0.128 e. The fourth-order valence-corrected chi connectivity index (χ4v) is 0.250. The van der Waals surface area contributed by atoms with Gasteiger partial charge in [0.1, 0.15) is 6.26 Å². The summed E-state index contributed by atoms with van der Waals surface area (Å²) in [6.07, 6.45) is 3.51. The Kier molecular flexibility index (Phi) is 4.33. The van der Waals surface area contributed by atoms with Crippen LogP contribution >= 0.6 is 11.8 Å². The smallest absolute Gasteiger partial charge is 0.128 e. The van der Waals surface area contributed by atoms with Gasteiger partial charge in [0.2, 0.25) is 0 Å². The van der Waals surface area contributed by atoms with Crippen LogP contribution in [0.1, 0.15) is 0 Å². The minimum atomic E-state index is 0.744. The zero-order chi connectivity index (χ0) is 4.12. The molecule has 30 valence electrons. The van der Waals surface area contributed by atoms with E-state index >= 15 is 0 Å². The molecule has 1 nitrogen and oxygen atoms in total. The average Bonchev–Trinajstić information content (AvgIpc) is 1.41. The van der Waals surface area contributed by atoms with Crippen LogP contribution in [0.5, 0.6) is 0 Å². The molecule has 0 unspecified atom stereocenters. The fourth-order valence-electron chi connectivity index (χ4n) is 0.0833. The monoisotopic (exact) mass is 90.0 g/mol. The lowest BCUT2D eigenvalue weighted by molar-refractivity contribution is 1.15. The van der Waals surface area contributed by atoms with E-state index in [1.807, 2.05) is 0 Å². The quantitative estimate of drug-likeness (QED) is 0.499. The highest BCUT2D eigenvalue weighted by molar-refractivity contribution is 8.00. The number of hydrogen-bond acceptors (Lipinski definition) is 2. The van der Waals surface area contributed by atoms with Crippen molar-refractivity contribution < 1.29 is 0 Å². The first-order valence-corrected chi connectivity index (χ1v) is 2.64. The molecule has 0 aliphatic heterocycles. The van der Waals surface area contributed by atoms with E-state index in [-0.39, 0.29) is 0 Å². The summed E-state index contributed by atoms with van der Waals surface area (Å²) in [5.41, 5.74) is 5.08. The highest BCUT2D eigenvalue weighted by Crippen LogP contribution is 1.87. The Hall–Kier alpha value is 0.180. The second-order valence-electron chi connectivity index (χ2n) is 0.697. The molecular formula is C3H8NS+. The van der Waals surface area contributed by atoms with Crippen molar-refractivity contribution in [2.24, 2.45) is 5.73 Å². The van der Waals surface area contributed by atoms with Gasteiger partial charge < -0.3 is 5.73 Å². The first-order chi connectivity index (χ1) is 2.41. The molecule has 0 atom stereocenters. The minimum Gasteiger partial charge on any atom is -0.329 e. The Morgan fingerprint density at radius 1 is 1.80 bits per heavy atom. The van der Waals surface area contributed by atoms with E-state index in [2.05, 4.69) is 6.26 Å². The summed E-state index contributed by atoms with van der Waals surface area (Å²) < 4.78 is 0. The standard InChI is InChI=1S/C3H8NS/c1-5-3-2-4/h1-4H2/q+1. The van der Waals surface area contributed by atoms with Gasteiger partial charge in [0.15, 0.2) is 0 Å². The van der Waals surface area contributed by atoms with Crippen molar-refractivity contribution in [3.05, 3.63) is 6.26 Å². The number of rotatable bonds is 2. The Balaban J connectivity index is 2.19. The lowest BCUT2D eigenvalue weighted by Gasteiger charge is -1.73. The molecule has 0 aromatic rings. The molecule has 0 amide bonds. The van der Waals surface area contributed by atoms with Crippen LogP contribution in [0.2, 0.25) is 0 Å². The minimum absolute atomic E-state index is 0.744. The molecule has 0 bridgehead atoms. The molecule has 0 saturated heterocycles. The van der Waals surface area contributed by atoms with E-state index in [0.29, 0.717) is 0 Å². The van der Waals surface area contributed by atoms with Gasteiger partial charge >= 0.3 is 0 Å². The molecular weight excluding hydrogens is 82.1 g/mol. The molecule has 0 saturated carbocycles. The molecule has 0 aromatic carbocycles. The van der Waals surface area contributed by atoms with Gasteiger partial charge in [-0.05, 0) is 0 Å². The van der Waals surface area contributed by atoms with Gasteiger partial charge in [-0.15, -0.1) is 0 Å². The summed E-state index contributed by atoms with van der Waals surface area (Å²) in [5.74, 6) is 0.972. The number of thioether (sulfide) groups is 1. The Labute approximate surface area is 36.9 Å². The van der Waals surface area contributed by atoms with E-state index in [4.69, 9.17) is 5.73 Å². The molecule has 0 aromatic heterocycles. The Morgan fingerprint density at radius 2 is 2.40 bits per heavy atom. The SMILES string of the molecule is [CH2+]SCCN. The first kappa shape index (κ1) is 5.18. The van der Waals surface area contributed by atoms with E-state index in [0.717, 1.165) is 12.3 Å². The van der Waals surface area contributed by atoms with E-state index < -0.39 is 0 Å². The van der Waals surface area contributed by atoms with Crippen LogP contribution in [0, 0.1) is 6.26 Å².